The molecule has 0 atom stereocenters. The van der Waals surface area contributed by atoms with Crippen LogP contribution in [0.1, 0.15) is 25.7 Å². The lowest BCUT2D eigenvalue weighted by Crippen LogP contribution is -2.39. The van der Waals surface area contributed by atoms with Crippen molar-refractivity contribution in [3.05, 3.63) is 0 Å². The van der Waals surface area contributed by atoms with Crippen LogP contribution < -0.4 is 0 Å². The van der Waals surface area contributed by atoms with Gasteiger partial charge in [-0.25, -0.2) is 0 Å². The first-order chi connectivity index (χ1) is 8.74. The standard InChI is InChI=1S/C14H28N2O2/c1-15(2)12-13-4-7-16(8-5-13)9-6-14-17-10-3-11-18-14/h13-14H,3-12H2,1-2H3. The molecule has 106 valence electrons. The van der Waals surface area contributed by atoms with Crippen LogP contribution in [-0.4, -0.2) is 69.6 Å². The largest absolute Gasteiger partial charge is 0.353 e. The molecule has 0 N–H and O–H groups in total. The van der Waals surface area contributed by atoms with E-state index in [4.69, 9.17) is 9.47 Å². The zero-order valence-corrected chi connectivity index (χ0v) is 11.9. The summed E-state index contributed by atoms with van der Waals surface area (Å²) in [6, 6.07) is 0. The lowest BCUT2D eigenvalue weighted by atomic mass is 9.96. The molecule has 0 saturated carbocycles. The number of nitrogens with zero attached hydrogens (tertiary/aromatic N) is 2. The fraction of sp³-hybridized carbons (Fsp3) is 1.00. The molecule has 0 radical (unpaired) electrons. The monoisotopic (exact) mass is 256 g/mol. The summed E-state index contributed by atoms with van der Waals surface area (Å²) in [6.45, 7) is 6.59. The fourth-order valence-electron chi connectivity index (χ4n) is 2.90. The third-order valence-corrected chi connectivity index (χ3v) is 3.91. The van der Waals surface area contributed by atoms with Gasteiger partial charge in [-0.15, -0.1) is 0 Å². The molecule has 0 aliphatic carbocycles. The molecular weight excluding hydrogens is 228 g/mol. The molecule has 0 bridgehead atoms. The maximum absolute atomic E-state index is 5.59. The Hall–Kier alpha value is -0.160. The average Bonchev–Trinajstić information content (AvgIpc) is 2.38. The third-order valence-electron chi connectivity index (χ3n) is 3.91. The van der Waals surface area contributed by atoms with Crippen molar-refractivity contribution in [1.82, 2.24) is 9.80 Å². The summed E-state index contributed by atoms with van der Waals surface area (Å²) in [4.78, 5) is 4.87. The van der Waals surface area contributed by atoms with Crippen LogP contribution in [0.15, 0.2) is 0 Å². The molecule has 0 aromatic heterocycles. The van der Waals surface area contributed by atoms with Crippen molar-refractivity contribution in [3.63, 3.8) is 0 Å². The maximum atomic E-state index is 5.59. The van der Waals surface area contributed by atoms with Crippen molar-refractivity contribution in [2.24, 2.45) is 5.92 Å². The van der Waals surface area contributed by atoms with Gasteiger partial charge in [-0.1, -0.05) is 0 Å². The molecule has 2 rings (SSSR count). The van der Waals surface area contributed by atoms with E-state index in [-0.39, 0.29) is 6.29 Å². The first kappa shape index (κ1) is 14.3. The van der Waals surface area contributed by atoms with Gasteiger partial charge in [-0.3, -0.25) is 0 Å². The summed E-state index contributed by atoms with van der Waals surface area (Å²) < 4.78 is 11.2. The van der Waals surface area contributed by atoms with E-state index in [1.807, 2.05) is 0 Å². The molecule has 0 aromatic carbocycles. The highest BCUT2D eigenvalue weighted by atomic mass is 16.7. The van der Waals surface area contributed by atoms with Crippen LogP contribution in [0.3, 0.4) is 0 Å². The second-order valence-electron chi connectivity index (χ2n) is 5.86. The second kappa shape index (κ2) is 7.43. The minimum Gasteiger partial charge on any atom is -0.353 e. The Bertz CT molecular complexity index is 222. The van der Waals surface area contributed by atoms with Crippen LogP contribution >= 0.6 is 0 Å². The summed E-state index contributed by atoms with van der Waals surface area (Å²) in [6.07, 6.45) is 4.80. The lowest BCUT2D eigenvalue weighted by molar-refractivity contribution is -0.182. The van der Waals surface area contributed by atoms with Gasteiger partial charge in [-0.05, 0) is 52.4 Å². The Morgan fingerprint density at radius 1 is 1.11 bits per heavy atom. The zero-order valence-electron chi connectivity index (χ0n) is 11.9. The van der Waals surface area contributed by atoms with Gasteiger partial charge in [0, 0.05) is 19.5 Å². The van der Waals surface area contributed by atoms with Crippen molar-refractivity contribution in [3.8, 4) is 0 Å². The van der Waals surface area contributed by atoms with Crippen LogP contribution in [0.4, 0.5) is 0 Å². The predicted molar refractivity (Wildman–Crippen MR) is 72.6 cm³/mol. The number of hydrogen-bond acceptors (Lipinski definition) is 4. The van der Waals surface area contributed by atoms with Crippen molar-refractivity contribution in [2.45, 2.75) is 32.0 Å². The SMILES string of the molecule is CN(C)CC1CCN(CCC2OCCCO2)CC1. The number of ether oxygens (including phenoxy) is 2. The number of piperidine rings is 1. The average molecular weight is 256 g/mol. The van der Waals surface area contributed by atoms with E-state index >= 15 is 0 Å². The fourth-order valence-corrected chi connectivity index (χ4v) is 2.90. The Balaban J connectivity index is 1.58. The summed E-state index contributed by atoms with van der Waals surface area (Å²) in [7, 11) is 4.34. The molecule has 0 spiro atoms. The molecule has 0 unspecified atom stereocenters. The molecule has 2 aliphatic heterocycles. The quantitative estimate of drug-likeness (QED) is 0.742. The van der Waals surface area contributed by atoms with E-state index in [9.17, 15) is 0 Å². The third kappa shape index (κ3) is 4.84. The number of likely N-dealkylation sites (tertiary alicyclic amines) is 1. The van der Waals surface area contributed by atoms with Gasteiger partial charge in [-0.2, -0.15) is 0 Å². The molecule has 2 fully saturated rings. The molecule has 0 aromatic rings. The van der Waals surface area contributed by atoms with Crippen molar-refractivity contribution >= 4 is 0 Å². The van der Waals surface area contributed by atoms with Gasteiger partial charge in [0.15, 0.2) is 6.29 Å². The molecule has 0 amide bonds. The maximum Gasteiger partial charge on any atom is 0.158 e. The van der Waals surface area contributed by atoms with Gasteiger partial charge in [0.05, 0.1) is 13.2 Å². The molecule has 2 saturated heterocycles. The minimum absolute atomic E-state index is 0.0539. The predicted octanol–water partition coefficient (Wildman–Crippen LogP) is 1.41. The van der Waals surface area contributed by atoms with E-state index < -0.39 is 0 Å². The van der Waals surface area contributed by atoms with Gasteiger partial charge >= 0.3 is 0 Å². The van der Waals surface area contributed by atoms with Crippen LogP contribution in [-0.2, 0) is 9.47 Å². The Morgan fingerprint density at radius 2 is 1.78 bits per heavy atom. The normalized spacial score (nSPS) is 24.8. The molecule has 4 nitrogen and oxygen atoms in total. The molecule has 2 heterocycles. The van der Waals surface area contributed by atoms with E-state index in [1.54, 1.807) is 0 Å². The second-order valence-corrected chi connectivity index (χ2v) is 5.86. The van der Waals surface area contributed by atoms with E-state index in [2.05, 4.69) is 23.9 Å². The first-order valence-corrected chi connectivity index (χ1v) is 7.34. The topological polar surface area (TPSA) is 24.9 Å². The van der Waals surface area contributed by atoms with Crippen LogP contribution in [0.5, 0.6) is 0 Å². The van der Waals surface area contributed by atoms with Gasteiger partial charge in [0.1, 0.15) is 0 Å². The van der Waals surface area contributed by atoms with E-state index in [0.717, 1.165) is 38.5 Å². The summed E-state index contributed by atoms with van der Waals surface area (Å²) in [5, 5.41) is 0. The minimum atomic E-state index is 0.0539. The highest BCUT2D eigenvalue weighted by Gasteiger charge is 2.21. The summed E-state index contributed by atoms with van der Waals surface area (Å²) in [5.74, 6) is 0.887. The van der Waals surface area contributed by atoms with Crippen LogP contribution in [0.2, 0.25) is 0 Å². The van der Waals surface area contributed by atoms with Crippen molar-refractivity contribution in [1.29, 1.82) is 0 Å². The highest BCUT2D eigenvalue weighted by molar-refractivity contribution is 4.74. The highest BCUT2D eigenvalue weighted by Crippen LogP contribution is 2.18. The number of hydrogen-bond donors (Lipinski definition) is 0. The van der Waals surface area contributed by atoms with Gasteiger partial charge < -0.3 is 19.3 Å². The van der Waals surface area contributed by atoms with E-state index in [1.165, 1.54) is 32.5 Å². The Labute approximate surface area is 111 Å². The molecule has 18 heavy (non-hydrogen) atoms. The van der Waals surface area contributed by atoms with Crippen LogP contribution in [0.25, 0.3) is 0 Å². The smallest absolute Gasteiger partial charge is 0.158 e. The molecule has 2 aliphatic rings. The van der Waals surface area contributed by atoms with Gasteiger partial charge in [0.2, 0.25) is 0 Å². The van der Waals surface area contributed by atoms with Crippen LogP contribution in [0, 0.1) is 5.92 Å². The zero-order chi connectivity index (χ0) is 12.8. The molecular formula is C14H28N2O2. The lowest BCUT2D eigenvalue weighted by Gasteiger charge is -2.34. The summed E-state index contributed by atoms with van der Waals surface area (Å²) >= 11 is 0. The van der Waals surface area contributed by atoms with Crippen molar-refractivity contribution < 1.29 is 9.47 Å². The Kier molecular flexibility index (Phi) is 5.89. The molecule has 4 heteroatoms. The number of rotatable bonds is 5. The van der Waals surface area contributed by atoms with E-state index in [0.29, 0.717) is 0 Å². The Morgan fingerprint density at radius 3 is 2.39 bits per heavy atom. The summed E-state index contributed by atoms with van der Waals surface area (Å²) in [5.41, 5.74) is 0. The first-order valence-electron chi connectivity index (χ1n) is 7.34. The van der Waals surface area contributed by atoms with Gasteiger partial charge in [0.25, 0.3) is 0 Å². The van der Waals surface area contributed by atoms with Crippen molar-refractivity contribution in [2.75, 3.05) is 53.5 Å².